The van der Waals surface area contributed by atoms with Gasteiger partial charge in [-0.15, -0.1) is 0 Å². The highest BCUT2D eigenvalue weighted by atomic mass is 32.2. The summed E-state index contributed by atoms with van der Waals surface area (Å²) in [5, 5.41) is 12.4. The van der Waals surface area contributed by atoms with Crippen LogP contribution in [0.4, 0.5) is 5.69 Å². The molecular formula is C15H19N3OS. The van der Waals surface area contributed by atoms with Crippen molar-refractivity contribution in [3.8, 4) is 6.07 Å². The third kappa shape index (κ3) is 4.26. The lowest BCUT2D eigenvalue weighted by atomic mass is 10.2. The van der Waals surface area contributed by atoms with Gasteiger partial charge in [-0.2, -0.15) is 17.0 Å². The van der Waals surface area contributed by atoms with Gasteiger partial charge >= 0.3 is 0 Å². The SMILES string of the molecule is CC1CN(CCC(=O)Nc2ccccc2C#N)CCS1. The van der Waals surface area contributed by atoms with Crippen LogP contribution < -0.4 is 5.32 Å². The molecule has 2 rings (SSSR count). The summed E-state index contributed by atoms with van der Waals surface area (Å²) in [7, 11) is 0. The first-order valence-electron chi connectivity index (χ1n) is 6.82. The molecule has 1 fully saturated rings. The van der Waals surface area contributed by atoms with E-state index in [1.165, 1.54) is 0 Å². The van der Waals surface area contributed by atoms with Crippen LogP contribution in [-0.4, -0.2) is 41.4 Å². The fourth-order valence-electron chi connectivity index (χ4n) is 2.26. The first-order valence-corrected chi connectivity index (χ1v) is 7.87. The van der Waals surface area contributed by atoms with Gasteiger partial charge in [0, 0.05) is 37.1 Å². The van der Waals surface area contributed by atoms with Gasteiger partial charge in [-0.05, 0) is 12.1 Å². The van der Waals surface area contributed by atoms with Gasteiger partial charge in [0.1, 0.15) is 6.07 Å². The molecule has 1 N–H and O–H groups in total. The predicted octanol–water partition coefficient (Wildman–Crippen LogP) is 2.32. The molecule has 1 unspecified atom stereocenters. The smallest absolute Gasteiger partial charge is 0.225 e. The van der Waals surface area contributed by atoms with Crippen molar-refractivity contribution in [1.29, 1.82) is 5.26 Å². The number of amides is 1. The molecule has 1 saturated heterocycles. The summed E-state index contributed by atoms with van der Waals surface area (Å²) in [5.74, 6) is 1.11. The average Bonchev–Trinajstić information content (AvgIpc) is 2.46. The number of carbonyl (C=O) groups excluding carboxylic acids is 1. The Kier molecular flexibility index (Phi) is 5.45. The van der Waals surface area contributed by atoms with Crippen molar-refractivity contribution < 1.29 is 4.79 Å². The van der Waals surface area contributed by atoms with Crippen molar-refractivity contribution in [2.45, 2.75) is 18.6 Å². The number of hydrogen-bond donors (Lipinski definition) is 1. The summed E-state index contributed by atoms with van der Waals surface area (Å²) in [6.45, 7) is 5.11. The van der Waals surface area contributed by atoms with Crippen molar-refractivity contribution in [1.82, 2.24) is 4.90 Å². The largest absolute Gasteiger partial charge is 0.325 e. The third-order valence-electron chi connectivity index (χ3n) is 3.30. The number of carbonyl (C=O) groups is 1. The zero-order valence-corrected chi connectivity index (χ0v) is 12.4. The van der Waals surface area contributed by atoms with Crippen LogP contribution in [-0.2, 0) is 4.79 Å². The van der Waals surface area contributed by atoms with E-state index in [1.54, 1.807) is 18.2 Å². The van der Waals surface area contributed by atoms with Crippen molar-refractivity contribution in [3.63, 3.8) is 0 Å². The van der Waals surface area contributed by atoms with Gasteiger partial charge in [-0.25, -0.2) is 0 Å². The molecule has 1 aliphatic heterocycles. The van der Waals surface area contributed by atoms with Gasteiger partial charge in [-0.3, -0.25) is 4.79 Å². The summed E-state index contributed by atoms with van der Waals surface area (Å²) in [5.41, 5.74) is 1.10. The fraction of sp³-hybridized carbons (Fsp3) is 0.467. The maximum Gasteiger partial charge on any atom is 0.225 e. The zero-order chi connectivity index (χ0) is 14.4. The highest BCUT2D eigenvalue weighted by Crippen LogP contribution is 2.18. The lowest BCUT2D eigenvalue weighted by Gasteiger charge is -2.30. The average molecular weight is 289 g/mol. The molecule has 1 aromatic carbocycles. The normalized spacial score (nSPS) is 19.3. The van der Waals surface area contributed by atoms with E-state index in [0.717, 1.165) is 25.4 Å². The van der Waals surface area contributed by atoms with Gasteiger partial charge < -0.3 is 10.2 Å². The first-order chi connectivity index (χ1) is 9.69. The Bertz CT molecular complexity index is 512. The van der Waals surface area contributed by atoms with Crippen LogP contribution in [0.25, 0.3) is 0 Å². The summed E-state index contributed by atoms with van der Waals surface area (Å²) >= 11 is 1.99. The summed E-state index contributed by atoms with van der Waals surface area (Å²) in [6.07, 6.45) is 0.469. The lowest BCUT2D eigenvalue weighted by Crippen LogP contribution is -2.38. The number of rotatable bonds is 4. The van der Waals surface area contributed by atoms with Gasteiger partial charge in [0.25, 0.3) is 0 Å². The highest BCUT2D eigenvalue weighted by molar-refractivity contribution is 7.99. The minimum atomic E-state index is -0.0291. The third-order valence-corrected chi connectivity index (χ3v) is 4.44. The zero-order valence-electron chi connectivity index (χ0n) is 11.6. The fourth-order valence-corrected chi connectivity index (χ4v) is 3.34. The van der Waals surface area contributed by atoms with Crippen LogP contribution in [0.1, 0.15) is 18.9 Å². The number of para-hydroxylation sites is 1. The molecule has 1 heterocycles. The van der Waals surface area contributed by atoms with Crippen molar-refractivity contribution >= 4 is 23.4 Å². The second kappa shape index (κ2) is 7.32. The lowest BCUT2D eigenvalue weighted by molar-refractivity contribution is -0.116. The summed E-state index contributed by atoms with van der Waals surface area (Å²) < 4.78 is 0. The summed E-state index contributed by atoms with van der Waals surface area (Å²) in [6, 6.07) is 9.16. The monoisotopic (exact) mass is 289 g/mol. The Balaban J connectivity index is 1.82. The Morgan fingerprint density at radius 3 is 3.10 bits per heavy atom. The van der Waals surface area contributed by atoms with Gasteiger partial charge in [0.2, 0.25) is 5.91 Å². The van der Waals surface area contributed by atoms with Crippen molar-refractivity contribution in [2.75, 3.05) is 30.7 Å². The van der Waals surface area contributed by atoms with Crippen LogP contribution in [0.15, 0.2) is 24.3 Å². The molecule has 0 aliphatic carbocycles. The molecule has 1 aromatic rings. The van der Waals surface area contributed by atoms with Crippen LogP contribution in [0, 0.1) is 11.3 Å². The number of benzene rings is 1. The van der Waals surface area contributed by atoms with Gasteiger partial charge in [0.05, 0.1) is 11.3 Å². The number of thioether (sulfide) groups is 1. The van der Waals surface area contributed by atoms with Crippen molar-refractivity contribution in [3.05, 3.63) is 29.8 Å². The second-order valence-electron chi connectivity index (χ2n) is 4.94. The van der Waals surface area contributed by atoms with Gasteiger partial charge in [0.15, 0.2) is 0 Å². The van der Waals surface area contributed by atoms with Crippen LogP contribution in [0.3, 0.4) is 0 Å². The van der Waals surface area contributed by atoms with Crippen molar-refractivity contribution in [2.24, 2.45) is 0 Å². The Hall–Kier alpha value is -1.51. The van der Waals surface area contributed by atoms with Gasteiger partial charge in [-0.1, -0.05) is 19.1 Å². The molecule has 1 amide bonds. The van der Waals surface area contributed by atoms with Crippen LogP contribution in [0.5, 0.6) is 0 Å². The molecule has 1 atom stereocenters. The maximum atomic E-state index is 12.0. The molecule has 0 radical (unpaired) electrons. The molecule has 0 bridgehead atoms. The molecule has 0 aromatic heterocycles. The number of nitriles is 1. The standard InChI is InChI=1S/C15H19N3OS/c1-12-11-18(8-9-20-12)7-6-15(19)17-14-5-3-2-4-13(14)10-16/h2-5,12H,6-9,11H2,1H3,(H,17,19). The number of anilines is 1. The van der Waals surface area contributed by atoms with E-state index in [4.69, 9.17) is 5.26 Å². The summed E-state index contributed by atoms with van der Waals surface area (Å²) in [4.78, 5) is 14.3. The molecular weight excluding hydrogens is 270 g/mol. The second-order valence-corrected chi connectivity index (χ2v) is 6.48. The Morgan fingerprint density at radius 2 is 2.35 bits per heavy atom. The Morgan fingerprint density at radius 1 is 1.55 bits per heavy atom. The first kappa shape index (κ1) is 14.9. The van der Waals surface area contributed by atoms with E-state index in [1.807, 2.05) is 17.8 Å². The number of nitrogens with one attached hydrogen (secondary N) is 1. The van der Waals surface area contributed by atoms with E-state index < -0.39 is 0 Å². The maximum absolute atomic E-state index is 12.0. The highest BCUT2D eigenvalue weighted by Gasteiger charge is 2.17. The van der Waals surface area contributed by atoms with E-state index in [9.17, 15) is 4.79 Å². The molecule has 20 heavy (non-hydrogen) atoms. The quantitative estimate of drug-likeness (QED) is 0.924. The minimum absolute atomic E-state index is 0.0291. The molecule has 0 saturated carbocycles. The molecule has 106 valence electrons. The van der Waals surface area contributed by atoms with E-state index in [0.29, 0.717) is 22.9 Å². The predicted molar refractivity (Wildman–Crippen MR) is 82.8 cm³/mol. The van der Waals surface area contributed by atoms with Crippen LogP contribution in [0.2, 0.25) is 0 Å². The molecule has 0 spiro atoms. The van der Waals surface area contributed by atoms with Crippen LogP contribution >= 0.6 is 11.8 Å². The van der Waals surface area contributed by atoms with E-state index in [2.05, 4.69) is 23.2 Å². The molecule has 5 heteroatoms. The number of hydrogen-bond acceptors (Lipinski definition) is 4. The number of nitrogens with zero attached hydrogens (tertiary/aromatic N) is 2. The van der Waals surface area contributed by atoms with E-state index >= 15 is 0 Å². The topological polar surface area (TPSA) is 56.1 Å². The Labute approximate surface area is 124 Å². The molecule has 1 aliphatic rings. The minimum Gasteiger partial charge on any atom is -0.325 e. The van der Waals surface area contributed by atoms with E-state index in [-0.39, 0.29) is 5.91 Å². The molecule has 4 nitrogen and oxygen atoms in total.